The number of pyridine rings is 1. The van der Waals surface area contributed by atoms with Gasteiger partial charge in [0.2, 0.25) is 0 Å². The highest BCUT2D eigenvalue weighted by Gasteiger charge is 2.29. The van der Waals surface area contributed by atoms with E-state index in [1.807, 2.05) is 27.7 Å². The van der Waals surface area contributed by atoms with Crippen LogP contribution in [0.5, 0.6) is 0 Å². The molecule has 0 bridgehead atoms. The van der Waals surface area contributed by atoms with Gasteiger partial charge < -0.3 is 11.1 Å². The second kappa shape index (κ2) is 4.61. The second-order valence-corrected chi connectivity index (χ2v) is 4.43. The molecular weight excluding hydrogens is 202 g/mol. The first-order chi connectivity index (χ1) is 7.38. The number of ketones is 1. The fourth-order valence-electron chi connectivity index (χ4n) is 1.62. The molecule has 16 heavy (non-hydrogen) atoms. The number of anilines is 1. The van der Waals surface area contributed by atoms with Crippen molar-refractivity contribution in [3.05, 3.63) is 23.4 Å². The summed E-state index contributed by atoms with van der Waals surface area (Å²) >= 11 is 0. The first kappa shape index (κ1) is 12.6. The van der Waals surface area contributed by atoms with Gasteiger partial charge in [0.05, 0.1) is 11.1 Å². The number of nitrogen functional groups attached to an aromatic ring is 1. The molecule has 0 aliphatic heterocycles. The van der Waals surface area contributed by atoms with E-state index >= 15 is 0 Å². The number of nitrogens with one attached hydrogen (secondary N) is 1. The first-order valence-corrected chi connectivity index (χ1v) is 5.40. The number of hydrogen-bond donors (Lipinski definition) is 2. The Morgan fingerprint density at radius 2 is 2.19 bits per heavy atom. The van der Waals surface area contributed by atoms with Gasteiger partial charge in [0.25, 0.3) is 0 Å². The fraction of sp³-hybridized carbons (Fsp3) is 0.500. The van der Waals surface area contributed by atoms with Crippen LogP contribution in [-0.4, -0.2) is 22.9 Å². The molecule has 4 heteroatoms. The van der Waals surface area contributed by atoms with Crippen LogP contribution >= 0.6 is 0 Å². The zero-order chi connectivity index (χ0) is 12.3. The summed E-state index contributed by atoms with van der Waals surface area (Å²) in [4.78, 5) is 16.2. The van der Waals surface area contributed by atoms with Crippen molar-refractivity contribution in [1.82, 2.24) is 10.3 Å². The maximum Gasteiger partial charge on any atom is 0.185 e. The summed E-state index contributed by atoms with van der Waals surface area (Å²) in [5.74, 6) is 0.268. The van der Waals surface area contributed by atoms with Crippen molar-refractivity contribution in [2.24, 2.45) is 0 Å². The molecule has 1 aromatic heterocycles. The molecule has 0 amide bonds. The van der Waals surface area contributed by atoms with Crippen LogP contribution in [0, 0.1) is 6.92 Å². The number of nitrogens with zero attached hydrogens (tertiary/aromatic N) is 1. The smallest absolute Gasteiger partial charge is 0.185 e. The molecule has 0 unspecified atom stereocenters. The predicted molar refractivity (Wildman–Crippen MR) is 65.5 cm³/mol. The summed E-state index contributed by atoms with van der Waals surface area (Å²) in [7, 11) is 0. The Morgan fingerprint density at radius 1 is 1.56 bits per heavy atom. The lowest BCUT2D eigenvalue weighted by Crippen LogP contribution is -2.46. The third-order valence-corrected chi connectivity index (χ3v) is 2.49. The molecule has 0 saturated carbocycles. The van der Waals surface area contributed by atoms with E-state index < -0.39 is 5.54 Å². The summed E-state index contributed by atoms with van der Waals surface area (Å²) < 4.78 is 0. The number of carbonyl (C=O) groups excluding carboxylic acids is 1. The van der Waals surface area contributed by atoms with Crippen molar-refractivity contribution in [2.75, 3.05) is 12.3 Å². The van der Waals surface area contributed by atoms with Crippen LogP contribution in [0.3, 0.4) is 0 Å². The van der Waals surface area contributed by atoms with E-state index in [0.717, 1.165) is 12.1 Å². The highest BCUT2D eigenvalue weighted by molar-refractivity contribution is 6.05. The Morgan fingerprint density at radius 3 is 2.75 bits per heavy atom. The molecular formula is C12H19N3O. The lowest BCUT2D eigenvalue weighted by molar-refractivity contribution is 0.0884. The second-order valence-electron chi connectivity index (χ2n) is 4.43. The number of aryl methyl sites for hydroxylation is 1. The van der Waals surface area contributed by atoms with Gasteiger partial charge in [0.15, 0.2) is 5.78 Å². The van der Waals surface area contributed by atoms with Gasteiger partial charge in [-0.2, -0.15) is 0 Å². The lowest BCUT2D eigenvalue weighted by atomic mass is 9.93. The van der Waals surface area contributed by atoms with Gasteiger partial charge in [-0.15, -0.1) is 0 Å². The van der Waals surface area contributed by atoms with Gasteiger partial charge in [-0.1, -0.05) is 6.92 Å². The predicted octanol–water partition coefficient (Wildman–Crippen LogP) is 1.54. The van der Waals surface area contributed by atoms with Gasteiger partial charge in [-0.05, 0) is 38.9 Å². The van der Waals surface area contributed by atoms with Crippen molar-refractivity contribution >= 4 is 11.6 Å². The zero-order valence-electron chi connectivity index (χ0n) is 10.3. The first-order valence-electron chi connectivity index (χ1n) is 5.40. The van der Waals surface area contributed by atoms with Crippen LogP contribution in [0.15, 0.2) is 12.3 Å². The van der Waals surface area contributed by atoms with Gasteiger partial charge in [0, 0.05) is 6.20 Å². The molecule has 1 aromatic rings. The van der Waals surface area contributed by atoms with E-state index in [4.69, 9.17) is 5.73 Å². The molecule has 0 fully saturated rings. The average Bonchev–Trinajstić information content (AvgIpc) is 2.20. The van der Waals surface area contributed by atoms with Gasteiger partial charge >= 0.3 is 0 Å². The Hall–Kier alpha value is -1.42. The van der Waals surface area contributed by atoms with Crippen LogP contribution in [0.4, 0.5) is 5.82 Å². The molecule has 0 atom stereocenters. The van der Waals surface area contributed by atoms with Crippen LogP contribution in [0.1, 0.15) is 36.7 Å². The van der Waals surface area contributed by atoms with E-state index in [-0.39, 0.29) is 5.78 Å². The van der Waals surface area contributed by atoms with E-state index in [2.05, 4.69) is 10.3 Å². The minimum absolute atomic E-state index is 0.0250. The summed E-state index contributed by atoms with van der Waals surface area (Å²) in [5.41, 5.74) is 6.54. The normalized spacial score (nSPS) is 11.5. The third kappa shape index (κ3) is 2.58. The molecule has 0 aromatic carbocycles. The Kier molecular flexibility index (Phi) is 3.65. The van der Waals surface area contributed by atoms with Gasteiger partial charge in [-0.3, -0.25) is 4.79 Å². The van der Waals surface area contributed by atoms with Crippen molar-refractivity contribution in [2.45, 2.75) is 33.2 Å². The van der Waals surface area contributed by atoms with E-state index in [1.54, 1.807) is 12.3 Å². The molecule has 88 valence electrons. The molecule has 0 saturated heterocycles. The largest absolute Gasteiger partial charge is 0.383 e. The van der Waals surface area contributed by atoms with Crippen LogP contribution in [0.25, 0.3) is 0 Å². The quantitative estimate of drug-likeness (QED) is 0.757. The van der Waals surface area contributed by atoms with E-state index in [0.29, 0.717) is 11.4 Å². The SMILES string of the molecule is CCNC(C)(C)C(=O)c1cc(C)cnc1N. The summed E-state index contributed by atoms with van der Waals surface area (Å²) in [5, 5.41) is 3.13. The molecule has 1 heterocycles. The summed E-state index contributed by atoms with van der Waals surface area (Å²) in [6.07, 6.45) is 1.66. The highest BCUT2D eigenvalue weighted by Crippen LogP contribution is 2.18. The van der Waals surface area contributed by atoms with Gasteiger partial charge in [0.1, 0.15) is 5.82 Å². The monoisotopic (exact) mass is 221 g/mol. The number of aromatic nitrogens is 1. The topological polar surface area (TPSA) is 68.0 Å². The van der Waals surface area contributed by atoms with Gasteiger partial charge in [-0.25, -0.2) is 4.98 Å². The summed E-state index contributed by atoms with van der Waals surface area (Å²) in [6.45, 7) is 8.29. The number of carbonyl (C=O) groups is 1. The van der Waals surface area contributed by atoms with Crippen LogP contribution in [-0.2, 0) is 0 Å². The number of nitrogens with two attached hydrogens (primary N) is 1. The van der Waals surface area contributed by atoms with Crippen molar-refractivity contribution < 1.29 is 4.79 Å². The lowest BCUT2D eigenvalue weighted by Gasteiger charge is -2.24. The van der Waals surface area contributed by atoms with E-state index in [1.165, 1.54) is 0 Å². The number of hydrogen-bond acceptors (Lipinski definition) is 4. The Labute approximate surface area is 96.3 Å². The minimum Gasteiger partial charge on any atom is -0.383 e. The maximum atomic E-state index is 12.2. The fourth-order valence-corrected chi connectivity index (χ4v) is 1.62. The van der Waals surface area contributed by atoms with Crippen LogP contribution in [0.2, 0.25) is 0 Å². The van der Waals surface area contributed by atoms with Crippen LogP contribution < -0.4 is 11.1 Å². The molecule has 1 rings (SSSR count). The van der Waals surface area contributed by atoms with Crippen molar-refractivity contribution in [3.63, 3.8) is 0 Å². The molecule has 0 aliphatic rings. The van der Waals surface area contributed by atoms with E-state index in [9.17, 15) is 4.79 Å². The molecule has 0 spiro atoms. The summed E-state index contributed by atoms with van der Waals surface area (Å²) in [6, 6.07) is 1.78. The molecule has 0 radical (unpaired) electrons. The Balaban J connectivity index is 3.09. The number of Topliss-reactive ketones (excluding diaryl/α,β-unsaturated/α-hetero) is 1. The molecule has 3 N–H and O–H groups in total. The molecule has 0 aliphatic carbocycles. The van der Waals surface area contributed by atoms with Crippen molar-refractivity contribution in [3.8, 4) is 0 Å². The third-order valence-electron chi connectivity index (χ3n) is 2.49. The minimum atomic E-state index is -0.613. The molecule has 4 nitrogen and oxygen atoms in total. The maximum absolute atomic E-state index is 12.2. The number of likely N-dealkylation sites (N-methyl/N-ethyl adjacent to an activating group) is 1. The average molecular weight is 221 g/mol. The van der Waals surface area contributed by atoms with Crippen molar-refractivity contribution in [1.29, 1.82) is 0 Å². The highest BCUT2D eigenvalue weighted by atomic mass is 16.1. The standard InChI is InChI=1S/C12H19N3O/c1-5-15-12(3,4)10(16)9-6-8(2)7-14-11(9)13/h6-7,15H,5H2,1-4H3,(H2,13,14). The zero-order valence-corrected chi connectivity index (χ0v) is 10.3. The number of rotatable bonds is 4. The Bertz CT molecular complexity index is 399.